The predicted octanol–water partition coefficient (Wildman–Crippen LogP) is 3.01. The van der Waals surface area contributed by atoms with Crippen molar-refractivity contribution in [3.63, 3.8) is 0 Å². The quantitative estimate of drug-likeness (QED) is 0.757. The molecule has 0 radical (unpaired) electrons. The highest BCUT2D eigenvalue weighted by Gasteiger charge is 2.23. The highest BCUT2D eigenvalue weighted by Crippen LogP contribution is 2.19. The zero-order chi connectivity index (χ0) is 17.4. The average molecular weight is 330 g/mol. The van der Waals surface area contributed by atoms with E-state index >= 15 is 0 Å². The van der Waals surface area contributed by atoms with Crippen LogP contribution in [0.1, 0.15) is 18.5 Å². The van der Waals surface area contributed by atoms with Crippen LogP contribution < -0.4 is 10.1 Å². The molecule has 0 aliphatic rings. The molecule has 0 aromatic heterocycles. The van der Waals surface area contributed by atoms with Crippen molar-refractivity contribution in [2.24, 2.45) is 0 Å². The van der Waals surface area contributed by atoms with E-state index in [1.54, 1.807) is 12.1 Å². The number of hydrogen-bond donors (Lipinski definition) is 1. The third-order valence-electron chi connectivity index (χ3n) is 3.77. The number of nitrogens with zero attached hydrogens (tertiary/aromatic N) is 1. The largest absolute Gasteiger partial charge is 0.492 e. The summed E-state index contributed by atoms with van der Waals surface area (Å²) in [4.78, 5) is 14.5. The fourth-order valence-corrected chi connectivity index (χ4v) is 2.42. The molecular weight excluding hydrogens is 307 g/mol. The van der Waals surface area contributed by atoms with Gasteiger partial charge in [-0.15, -0.1) is 0 Å². The third kappa shape index (κ3) is 5.06. The van der Waals surface area contributed by atoms with Crippen molar-refractivity contribution in [2.75, 3.05) is 26.7 Å². The lowest BCUT2D eigenvalue weighted by molar-refractivity contribution is -0.126. The van der Waals surface area contributed by atoms with E-state index < -0.39 is 0 Å². The van der Waals surface area contributed by atoms with Crippen LogP contribution in [0.5, 0.6) is 5.75 Å². The Kier molecular flexibility index (Phi) is 6.75. The summed E-state index contributed by atoms with van der Waals surface area (Å²) in [5.74, 6) is 0.0353. The number of rotatable bonds is 8. The Morgan fingerprint density at radius 1 is 1.21 bits per heavy atom. The molecule has 0 aliphatic carbocycles. The topological polar surface area (TPSA) is 41.6 Å². The number of carbonyl (C=O) groups is 1. The van der Waals surface area contributed by atoms with Crippen molar-refractivity contribution in [1.82, 2.24) is 10.2 Å². The van der Waals surface area contributed by atoms with Gasteiger partial charge in [-0.2, -0.15) is 0 Å². The zero-order valence-electron chi connectivity index (χ0n) is 14.0. The Morgan fingerprint density at radius 3 is 2.62 bits per heavy atom. The smallest absolute Gasteiger partial charge is 0.242 e. The molecule has 2 aromatic rings. The van der Waals surface area contributed by atoms with Crippen LogP contribution in [0.25, 0.3) is 0 Å². The first-order valence-electron chi connectivity index (χ1n) is 8.03. The standard InChI is InChI=1S/C19H23FN2O2/c1-3-22(2)18(15-8-5-4-6-9-15)19(23)21-12-13-24-17-11-7-10-16(20)14-17/h4-11,14,18H,3,12-13H2,1-2H3,(H,21,23). The molecular formula is C19H23FN2O2. The lowest BCUT2D eigenvalue weighted by atomic mass is 10.0. The van der Waals surface area contributed by atoms with Crippen LogP contribution in [0, 0.1) is 5.82 Å². The maximum atomic E-state index is 13.1. The minimum atomic E-state index is -0.342. The van der Waals surface area contributed by atoms with Crippen molar-refractivity contribution in [3.8, 4) is 5.75 Å². The molecule has 5 heteroatoms. The number of hydrogen-bond acceptors (Lipinski definition) is 3. The first kappa shape index (κ1) is 17.9. The van der Waals surface area contributed by atoms with Gasteiger partial charge in [0.05, 0.1) is 6.54 Å². The molecule has 1 atom stereocenters. The van der Waals surface area contributed by atoms with Gasteiger partial charge in [0.15, 0.2) is 0 Å². The van der Waals surface area contributed by atoms with Gasteiger partial charge in [0.25, 0.3) is 0 Å². The van der Waals surface area contributed by atoms with Crippen LogP contribution in [0.15, 0.2) is 54.6 Å². The number of benzene rings is 2. The zero-order valence-corrected chi connectivity index (χ0v) is 14.0. The SMILES string of the molecule is CCN(C)C(C(=O)NCCOc1cccc(F)c1)c1ccccc1. The molecule has 1 unspecified atom stereocenters. The van der Waals surface area contributed by atoms with Crippen LogP contribution in [-0.2, 0) is 4.79 Å². The number of likely N-dealkylation sites (N-methyl/N-ethyl adjacent to an activating group) is 1. The van der Waals surface area contributed by atoms with Gasteiger partial charge in [0.1, 0.15) is 24.2 Å². The second kappa shape index (κ2) is 9.03. The molecule has 24 heavy (non-hydrogen) atoms. The van der Waals surface area contributed by atoms with Gasteiger partial charge < -0.3 is 10.1 Å². The normalized spacial score (nSPS) is 12.0. The van der Waals surface area contributed by atoms with Gasteiger partial charge in [-0.25, -0.2) is 4.39 Å². The first-order valence-corrected chi connectivity index (χ1v) is 8.03. The summed E-state index contributed by atoms with van der Waals surface area (Å²) in [6.07, 6.45) is 0. The van der Waals surface area contributed by atoms with Crippen LogP contribution in [-0.4, -0.2) is 37.6 Å². The maximum Gasteiger partial charge on any atom is 0.242 e. The monoisotopic (exact) mass is 330 g/mol. The molecule has 0 heterocycles. The minimum absolute atomic E-state index is 0.0756. The molecule has 1 amide bonds. The van der Waals surface area contributed by atoms with Gasteiger partial charge in [-0.05, 0) is 31.3 Å². The van der Waals surface area contributed by atoms with Crippen molar-refractivity contribution in [3.05, 3.63) is 66.0 Å². The van der Waals surface area contributed by atoms with Gasteiger partial charge in [0, 0.05) is 6.07 Å². The molecule has 0 saturated carbocycles. The second-order valence-electron chi connectivity index (χ2n) is 5.48. The van der Waals surface area contributed by atoms with E-state index in [0.29, 0.717) is 12.3 Å². The lowest BCUT2D eigenvalue weighted by Gasteiger charge is -2.26. The molecule has 0 spiro atoms. The van der Waals surface area contributed by atoms with E-state index in [0.717, 1.165) is 12.1 Å². The maximum absolute atomic E-state index is 13.1. The molecule has 2 rings (SSSR count). The van der Waals surface area contributed by atoms with Crippen LogP contribution in [0.3, 0.4) is 0 Å². The van der Waals surface area contributed by atoms with Crippen molar-refractivity contribution < 1.29 is 13.9 Å². The van der Waals surface area contributed by atoms with E-state index in [4.69, 9.17) is 4.74 Å². The van der Waals surface area contributed by atoms with Crippen molar-refractivity contribution >= 4 is 5.91 Å². The fourth-order valence-electron chi connectivity index (χ4n) is 2.42. The molecule has 2 aromatic carbocycles. The fraction of sp³-hybridized carbons (Fsp3) is 0.316. The van der Waals surface area contributed by atoms with Gasteiger partial charge in [-0.1, -0.05) is 43.3 Å². The molecule has 0 saturated heterocycles. The third-order valence-corrected chi connectivity index (χ3v) is 3.77. The minimum Gasteiger partial charge on any atom is -0.492 e. The molecule has 0 aliphatic heterocycles. The second-order valence-corrected chi connectivity index (χ2v) is 5.48. The van der Waals surface area contributed by atoms with Crippen molar-refractivity contribution in [1.29, 1.82) is 0 Å². The van der Waals surface area contributed by atoms with Gasteiger partial charge in [-0.3, -0.25) is 9.69 Å². The molecule has 1 N–H and O–H groups in total. The highest BCUT2D eigenvalue weighted by molar-refractivity contribution is 5.83. The lowest BCUT2D eigenvalue weighted by Crippen LogP contribution is -2.40. The van der Waals surface area contributed by atoms with Crippen LogP contribution >= 0.6 is 0 Å². The van der Waals surface area contributed by atoms with E-state index in [1.165, 1.54) is 12.1 Å². The van der Waals surface area contributed by atoms with E-state index in [-0.39, 0.29) is 24.4 Å². The van der Waals surface area contributed by atoms with E-state index in [2.05, 4.69) is 5.32 Å². The number of halogens is 1. The van der Waals surface area contributed by atoms with Crippen LogP contribution in [0.2, 0.25) is 0 Å². The van der Waals surface area contributed by atoms with Gasteiger partial charge in [0.2, 0.25) is 5.91 Å². The Labute approximate surface area is 142 Å². The average Bonchev–Trinajstić information content (AvgIpc) is 2.60. The number of ether oxygens (including phenoxy) is 1. The summed E-state index contributed by atoms with van der Waals surface area (Å²) in [5, 5.41) is 2.88. The summed E-state index contributed by atoms with van der Waals surface area (Å²) >= 11 is 0. The highest BCUT2D eigenvalue weighted by atomic mass is 19.1. The first-order chi connectivity index (χ1) is 11.6. The Balaban J connectivity index is 1.89. The summed E-state index contributed by atoms with van der Waals surface area (Å²) in [6.45, 7) is 3.41. The number of nitrogens with one attached hydrogen (secondary N) is 1. The predicted molar refractivity (Wildman–Crippen MR) is 92.4 cm³/mol. The van der Waals surface area contributed by atoms with Crippen molar-refractivity contribution in [2.45, 2.75) is 13.0 Å². The number of carbonyl (C=O) groups excluding carboxylic acids is 1. The number of amides is 1. The summed E-state index contributed by atoms with van der Waals surface area (Å²) in [6, 6.07) is 15.3. The molecule has 4 nitrogen and oxygen atoms in total. The van der Waals surface area contributed by atoms with E-state index in [1.807, 2.05) is 49.2 Å². The summed E-state index contributed by atoms with van der Waals surface area (Å²) < 4.78 is 18.5. The summed E-state index contributed by atoms with van der Waals surface area (Å²) in [5.41, 5.74) is 0.949. The summed E-state index contributed by atoms with van der Waals surface area (Å²) in [7, 11) is 1.92. The molecule has 128 valence electrons. The molecule has 0 bridgehead atoms. The van der Waals surface area contributed by atoms with Gasteiger partial charge >= 0.3 is 0 Å². The Bertz CT molecular complexity index is 649. The Hall–Kier alpha value is -2.40. The Morgan fingerprint density at radius 2 is 1.96 bits per heavy atom. The van der Waals surface area contributed by atoms with E-state index in [9.17, 15) is 9.18 Å². The van der Waals surface area contributed by atoms with Crippen LogP contribution in [0.4, 0.5) is 4.39 Å². The molecule has 0 fully saturated rings.